The molecule has 3 aliphatic rings. The third-order valence-electron chi connectivity index (χ3n) is 9.58. The average molecular weight is 679 g/mol. The third kappa shape index (κ3) is 7.83. The largest absolute Gasteiger partial charge is 0.497 e. The van der Waals surface area contributed by atoms with Crippen LogP contribution in [-0.2, 0) is 11.0 Å². The molecule has 3 heterocycles. The molecule has 0 radical (unpaired) electrons. The van der Waals surface area contributed by atoms with Gasteiger partial charge < -0.3 is 19.6 Å². The molecule has 1 N–H and O–H groups in total. The van der Waals surface area contributed by atoms with Gasteiger partial charge in [0.1, 0.15) is 5.75 Å². The molecule has 0 saturated carbocycles. The van der Waals surface area contributed by atoms with Crippen LogP contribution < -0.4 is 9.64 Å². The van der Waals surface area contributed by atoms with Crippen molar-refractivity contribution in [3.05, 3.63) is 59.2 Å². The van der Waals surface area contributed by atoms with E-state index in [9.17, 15) is 23.1 Å². The van der Waals surface area contributed by atoms with E-state index in [0.29, 0.717) is 69.8 Å². The molecule has 3 fully saturated rings. The maximum Gasteiger partial charge on any atom is 0.416 e. The number of likely N-dealkylation sites (tertiary alicyclic amines) is 2. The Kier molecular flexibility index (Phi) is 11.8. The van der Waals surface area contributed by atoms with Crippen molar-refractivity contribution in [1.29, 1.82) is 0 Å². The highest BCUT2D eigenvalue weighted by Crippen LogP contribution is 2.45. The minimum Gasteiger partial charge on any atom is -0.497 e. The molecule has 3 aliphatic heterocycles. The predicted octanol–water partition coefficient (Wildman–Crippen LogP) is 6.83. The lowest BCUT2D eigenvalue weighted by atomic mass is 9.83. The van der Waals surface area contributed by atoms with Crippen molar-refractivity contribution >= 4 is 36.4 Å². The first-order valence-electron chi connectivity index (χ1n) is 15.2. The van der Waals surface area contributed by atoms with E-state index in [1.807, 2.05) is 42.7 Å². The van der Waals surface area contributed by atoms with Crippen LogP contribution in [0.1, 0.15) is 75.0 Å². The highest BCUT2D eigenvalue weighted by atomic mass is 35.5. The Morgan fingerprint density at radius 3 is 2.07 bits per heavy atom. The van der Waals surface area contributed by atoms with E-state index in [0.717, 1.165) is 17.2 Å². The Labute approximate surface area is 275 Å². The summed E-state index contributed by atoms with van der Waals surface area (Å²) >= 11 is 0. The van der Waals surface area contributed by atoms with Crippen LogP contribution in [0.3, 0.4) is 0 Å². The molecule has 45 heavy (non-hydrogen) atoms. The number of anilines is 1. The molecular weight excluding hydrogens is 633 g/mol. The summed E-state index contributed by atoms with van der Waals surface area (Å²) in [5, 5.41) is 9.96. The predicted molar refractivity (Wildman–Crippen MR) is 173 cm³/mol. The number of rotatable bonds is 5. The van der Waals surface area contributed by atoms with E-state index in [-0.39, 0.29) is 42.8 Å². The minimum atomic E-state index is -4.46. The van der Waals surface area contributed by atoms with Gasteiger partial charge in [-0.2, -0.15) is 13.2 Å². The van der Waals surface area contributed by atoms with Crippen LogP contribution in [0.2, 0.25) is 0 Å². The minimum absolute atomic E-state index is 0. The first kappa shape index (κ1) is 37.2. The molecule has 1 amide bonds. The van der Waals surface area contributed by atoms with E-state index >= 15 is 4.39 Å². The number of amides is 1. The second-order valence-corrected chi connectivity index (χ2v) is 13.3. The van der Waals surface area contributed by atoms with Gasteiger partial charge in [0.2, 0.25) is 5.67 Å². The van der Waals surface area contributed by atoms with Gasteiger partial charge in [-0.15, -0.1) is 24.8 Å². The maximum absolute atomic E-state index is 17.1. The topological polar surface area (TPSA) is 56.2 Å². The van der Waals surface area contributed by atoms with Crippen molar-refractivity contribution in [2.75, 3.05) is 51.3 Å². The number of hydrogen-bond acceptors (Lipinski definition) is 5. The van der Waals surface area contributed by atoms with E-state index < -0.39 is 35.3 Å². The van der Waals surface area contributed by atoms with Crippen LogP contribution in [0, 0.1) is 0 Å². The summed E-state index contributed by atoms with van der Waals surface area (Å²) in [5.74, 6) is -0.554. The summed E-state index contributed by atoms with van der Waals surface area (Å²) in [6.45, 7) is 8.09. The summed E-state index contributed by atoms with van der Waals surface area (Å²) in [5.41, 5.74) is -1.01. The smallest absolute Gasteiger partial charge is 0.416 e. The molecule has 0 bridgehead atoms. The second-order valence-electron chi connectivity index (χ2n) is 13.3. The maximum atomic E-state index is 17.1. The SMILES string of the molecule is COc1ccc([C@@H]2CN(C(C)(C)C)C[C@@]2(F)C(=O)N2CCC(c3ccc(C(F)(F)F)cc3N3CCC(O)CC3)CC2)cc1.Cl.Cl. The molecule has 12 heteroatoms. The van der Waals surface area contributed by atoms with E-state index in [1.54, 1.807) is 30.2 Å². The molecule has 252 valence electrons. The lowest BCUT2D eigenvalue weighted by molar-refractivity contribution is -0.145. The van der Waals surface area contributed by atoms with Crippen LogP contribution in [0.4, 0.5) is 23.2 Å². The molecule has 0 aromatic heterocycles. The first-order valence-corrected chi connectivity index (χ1v) is 15.2. The highest BCUT2D eigenvalue weighted by Gasteiger charge is 2.57. The number of alkyl halides is 4. The summed E-state index contributed by atoms with van der Waals surface area (Å²) in [6, 6.07) is 11.2. The number of methoxy groups -OCH3 is 1. The molecular formula is C33H45Cl2F4N3O3. The molecule has 5 rings (SSSR count). The zero-order valence-electron chi connectivity index (χ0n) is 26.3. The summed E-state index contributed by atoms with van der Waals surface area (Å²) < 4.78 is 63.3. The van der Waals surface area contributed by atoms with Gasteiger partial charge in [0.15, 0.2) is 0 Å². The van der Waals surface area contributed by atoms with Gasteiger partial charge >= 0.3 is 6.18 Å². The number of halogens is 6. The fourth-order valence-electron chi connectivity index (χ4n) is 6.85. The van der Waals surface area contributed by atoms with Gasteiger partial charge in [-0.1, -0.05) is 18.2 Å². The Balaban J connectivity index is 0.00000276. The van der Waals surface area contributed by atoms with Crippen LogP contribution in [-0.4, -0.2) is 84.5 Å². The molecule has 0 unspecified atom stereocenters. The van der Waals surface area contributed by atoms with Crippen LogP contribution in [0.5, 0.6) is 5.75 Å². The number of benzene rings is 2. The van der Waals surface area contributed by atoms with Crippen LogP contribution in [0.25, 0.3) is 0 Å². The fraction of sp³-hybridized carbons (Fsp3) is 0.606. The monoisotopic (exact) mass is 677 g/mol. The Hall–Kier alpha value is -2.27. The number of hydrogen-bond donors (Lipinski definition) is 1. The number of carbonyl (C=O) groups excluding carboxylic acids is 1. The van der Waals surface area contributed by atoms with Gasteiger partial charge in [-0.3, -0.25) is 9.69 Å². The zero-order chi connectivity index (χ0) is 31.2. The Morgan fingerprint density at radius 1 is 0.933 bits per heavy atom. The van der Waals surface area contributed by atoms with Gasteiger partial charge in [-0.05, 0) is 87.8 Å². The van der Waals surface area contributed by atoms with Crippen molar-refractivity contribution in [2.24, 2.45) is 0 Å². The first-order chi connectivity index (χ1) is 20.2. The molecule has 2 aromatic rings. The molecule has 3 saturated heterocycles. The van der Waals surface area contributed by atoms with E-state index in [1.165, 1.54) is 6.07 Å². The standard InChI is InChI=1S/C33H43F4N3O3.2ClH/c1-31(2,3)40-20-28(23-5-8-26(43-4)9-6-23)32(34,21-40)30(42)39-15-11-22(12-16-39)27-10-7-24(33(35,36)37)19-29(27)38-17-13-25(41)14-18-38;;/h5-10,19,22,25,28,41H,11-18,20-21H2,1-4H3;2*1H/t28-,32-;;/m0../s1. The normalized spacial score (nSPS) is 23.8. The van der Waals surface area contributed by atoms with Gasteiger partial charge in [0.05, 0.1) is 18.8 Å². The molecule has 2 aromatic carbocycles. The quantitative estimate of drug-likeness (QED) is 0.352. The second kappa shape index (κ2) is 14.2. The van der Waals surface area contributed by atoms with Crippen molar-refractivity contribution in [2.45, 2.75) is 81.8 Å². The van der Waals surface area contributed by atoms with E-state index in [2.05, 4.69) is 0 Å². The average Bonchev–Trinajstić information content (AvgIpc) is 3.36. The Morgan fingerprint density at radius 2 is 1.53 bits per heavy atom. The molecule has 6 nitrogen and oxygen atoms in total. The van der Waals surface area contributed by atoms with Crippen molar-refractivity contribution in [1.82, 2.24) is 9.80 Å². The van der Waals surface area contributed by atoms with Gasteiger partial charge in [0, 0.05) is 56.4 Å². The molecule has 2 atom stereocenters. The van der Waals surface area contributed by atoms with Gasteiger partial charge in [0.25, 0.3) is 5.91 Å². The Bertz CT molecular complexity index is 1290. The number of piperidine rings is 2. The summed E-state index contributed by atoms with van der Waals surface area (Å²) in [7, 11) is 1.57. The zero-order valence-corrected chi connectivity index (χ0v) is 27.9. The number of nitrogens with zero attached hydrogens (tertiary/aromatic N) is 3. The van der Waals surface area contributed by atoms with E-state index in [4.69, 9.17) is 4.74 Å². The molecule has 0 aliphatic carbocycles. The van der Waals surface area contributed by atoms with Crippen LogP contribution in [0.15, 0.2) is 42.5 Å². The summed E-state index contributed by atoms with van der Waals surface area (Å²) in [4.78, 5) is 19.6. The number of carbonyl (C=O) groups is 1. The van der Waals surface area contributed by atoms with Gasteiger partial charge in [-0.25, -0.2) is 4.39 Å². The number of aliphatic hydroxyl groups is 1. The number of ether oxygens (including phenoxy) is 1. The van der Waals surface area contributed by atoms with Crippen molar-refractivity contribution in [3.8, 4) is 5.75 Å². The molecule has 0 spiro atoms. The van der Waals surface area contributed by atoms with Crippen molar-refractivity contribution < 1.29 is 32.2 Å². The lowest BCUT2D eigenvalue weighted by Gasteiger charge is -2.39. The fourth-order valence-corrected chi connectivity index (χ4v) is 6.85. The number of aliphatic hydroxyl groups excluding tert-OH is 1. The third-order valence-corrected chi connectivity index (χ3v) is 9.58. The lowest BCUT2D eigenvalue weighted by Crippen LogP contribution is -2.53. The van der Waals surface area contributed by atoms with Crippen LogP contribution >= 0.6 is 24.8 Å². The highest BCUT2D eigenvalue weighted by molar-refractivity contribution is 5.87. The van der Waals surface area contributed by atoms with Crippen molar-refractivity contribution in [3.63, 3.8) is 0 Å². The summed E-state index contributed by atoms with van der Waals surface area (Å²) in [6.07, 6.45) is -2.83.